The molecule has 2 fully saturated rings. The van der Waals surface area contributed by atoms with Crippen LogP contribution in [-0.2, 0) is 9.53 Å². The Hall–Kier alpha value is -2.40. The topological polar surface area (TPSA) is 51.7 Å². The Labute approximate surface area is 160 Å². The molecule has 0 saturated carbocycles. The van der Waals surface area contributed by atoms with Crippen LogP contribution in [0.3, 0.4) is 0 Å². The highest BCUT2D eigenvalue weighted by molar-refractivity contribution is 5.82. The second kappa shape index (κ2) is 7.69. The fourth-order valence-corrected chi connectivity index (χ4v) is 4.11. The Morgan fingerprint density at radius 1 is 1.15 bits per heavy atom. The molecule has 5 nitrogen and oxygen atoms in total. The number of carbonyl (C=O) groups excluding carboxylic acids is 1. The van der Waals surface area contributed by atoms with E-state index in [0.717, 1.165) is 60.5 Å². The van der Waals surface area contributed by atoms with Crippen LogP contribution >= 0.6 is 0 Å². The van der Waals surface area contributed by atoms with Crippen LogP contribution in [0.1, 0.15) is 43.1 Å². The van der Waals surface area contributed by atoms with E-state index in [9.17, 15) is 4.79 Å². The van der Waals surface area contributed by atoms with Crippen LogP contribution < -0.4 is 4.74 Å². The van der Waals surface area contributed by atoms with Gasteiger partial charge in [0.25, 0.3) is 5.91 Å². The lowest BCUT2D eigenvalue weighted by molar-refractivity contribution is -0.142. The summed E-state index contributed by atoms with van der Waals surface area (Å²) in [6, 6.07) is 12.3. The van der Waals surface area contributed by atoms with Crippen molar-refractivity contribution in [3.05, 3.63) is 47.8 Å². The summed E-state index contributed by atoms with van der Waals surface area (Å²) in [5.41, 5.74) is 4.19. The molecule has 1 aromatic carbocycles. The van der Waals surface area contributed by atoms with Crippen LogP contribution in [0.15, 0.2) is 36.4 Å². The molecule has 0 aliphatic carbocycles. The summed E-state index contributed by atoms with van der Waals surface area (Å²) in [5, 5.41) is 0. The smallest absolute Gasteiger partial charge is 0.252 e. The maximum Gasteiger partial charge on any atom is 0.252 e. The zero-order valence-corrected chi connectivity index (χ0v) is 16.0. The molecule has 1 amide bonds. The highest BCUT2D eigenvalue weighted by atomic mass is 16.5. The van der Waals surface area contributed by atoms with Gasteiger partial charge in [-0.15, -0.1) is 0 Å². The van der Waals surface area contributed by atoms with Gasteiger partial charge >= 0.3 is 0 Å². The summed E-state index contributed by atoms with van der Waals surface area (Å²) in [6.45, 7) is 3.49. The van der Waals surface area contributed by atoms with E-state index in [2.05, 4.69) is 24.3 Å². The van der Waals surface area contributed by atoms with Crippen LogP contribution in [0.25, 0.3) is 11.1 Å². The third kappa shape index (κ3) is 3.69. The molecule has 3 heterocycles. The van der Waals surface area contributed by atoms with Crippen LogP contribution in [0.5, 0.6) is 5.75 Å². The van der Waals surface area contributed by atoms with Crippen molar-refractivity contribution in [2.45, 2.75) is 44.8 Å². The van der Waals surface area contributed by atoms with Gasteiger partial charge in [0.2, 0.25) is 0 Å². The van der Waals surface area contributed by atoms with Crippen molar-refractivity contribution in [1.82, 2.24) is 9.88 Å². The van der Waals surface area contributed by atoms with Crippen LogP contribution in [-0.4, -0.2) is 42.2 Å². The Balaban J connectivity index is 1.62. The summed E-state index contributed by atoms with van der Waals surface area (Å²) in [5.74, 6) is 0.971. The first-order chi connectivity index (χ1) is 13.2. The summed E-state index contributed by atoms with van der Waals surface area (Å²) in [4.78, 5) is 19.7. The number of benzene rings is 1. The minimum atomic E-state index is -0.267. The largest absolute Gasteiger partial charge is 0.497 e. The highest BCUT2D eigenvalue weighted by Gasteiger charge is 2.36. The number of hydrogen-bond acceptors (Lipinski definition) is 4. The third-order valence-corrected chi connectivity index (χ3v) is 5.48. The predicted molar refractivity (Wildman–Crippen MR) is 104 cm³/mol. The molecule has 0 bridgehead atoms. The molecule has 27 heavy (non-hydrogen) atoms. The van der Waals surface area contributed by atoms with Gasteiger partial charge < -0.3 is 14.4 Å². The van der Waals surface area contributed by atoms with E-state index >= 15 is 0 Å². The van der Waals surface area contributed by atoms with Crippen molar-refractivity contribution < 1.29 is 14.3 Å². The molecule has 2 aliphatic rings. The fraction of sp³-hybridized carbons (Fsp3) is 0.455. The van der Waals surface area contributed by atoms with Crippen LogP contribution in [0.4, 0.5) is 0 Å². The van der Waals surface area contributed by atoms with Gasteiger partial charge in [-0.25, -0.2) is 0 Å². The Kier molecular flexibility index (Phi) is 5.12. The molecule has 0 N–H and O–H groups in total. The number of rotatable bonds is 4. The number of hydrogen-bond donors (Lipinski definition) is 0. The molecule has 0 spiro atoms. The summed E-state index contributed by atoms with van der Waals surface area (Å²) in [7, 11) is 1.67. The SMILES string of the molecule is COc1ccc(-c2cc(C)nc([C@@H]3CCCN3C(=O)[C@@H]3CCCO3)c2)cc1. The number of likely N-dealkylation sites (tertiary alicyclic amines) is 1. The molecule has 4 rings (SSSR count). The first-order valence-electron chi connectivity index (χ1n) is 9.71. The standard InChI is InChI=1S/C22H26N2O3/c1-15-13-17(16-7-9-18(26-2)10-8-16)14-19(23-15)20-5-3-11-24(20)22(25)21-6-4-12-27-21/h7-10,13-14,20-21H,3-6,11-12H2,1-2H3/t20-,21-/m0/s1. The van der Waals surface area contributed by atoms with E-state index < -0.39 is 0 Å². The van der Waals surface area contributed by atoms with Gasteiger partial charge in [-0.05, 0) is 68.0 Å². The molecular weight excluding hydrogens is 340 g/mol. The van der Waals surface area contributed by atoms with E-state index in [1.165, 1.54) is 0 Å². The number of aryl methyl sites for hydroxylation is 1. The van der Waals surface area contributed by atoms with Crippen molar-refractivity contribution >= 4 is 5.91 Å². The fourth-order valence-electron chi connectivity index (χ4n) is 4.11. The third-order valence-electron chi connectivity index (χ3n) is 5.48. The summed E-state index contributed by atoms with van der Waals surface area (Å²) >= 11 is 0. The highest BCUT2D eigenvalue weighted by Crippen LogP contribution is 2.35. The Bertz CT molecular complexity index is 813. The van der Waals surface area contributed by atoms with Gasteiger partial charge in [0.1, 0.15) is 11.9 Å². The molecule has 1 aromatic heterocycles. The first-order valence-corrected chi connectivity index (χ1v) is 9.71. The minimum Gasteiger partial charge on any atom is -0.497 e. The summed E-state index contributed by atoms with van der Waals surface area (Å²) in [6.07, 6.45) is 3.50. The molecule has 142 valence electrons. The quantitative estimate of drug-likeness (QED) is 0.823. The molecule has 5 heteroatoms. The van der Waals surface area contributed by atoms with Gasteiger partial charge in [-0.2, -0.15) is 0 Å². The number of nitrogens with zero attached hydrogens (tertiary/aromatic N) is 2. The number of amides is 1. The normalized spacial score (nSPS) is 22.2. The molecular formula is C22H26N2O3. The molecule has 2 aliphatic heterocycles. The van der Waals surface area contributed by atoms with E-state index in [1.807, 2.05) is 24.0 Å². The molecule has 0 radical (unpaired) electrons. The average Bonchev–Trinajstić information content (AvgIpc) is 3.39. The zero-order valence-electron chi connectivity index (χ0n) is 16.0. The van der Waals surface area contributed by atoms with Gasteiger partial charge in [0.15, 0.2) is 0 Å². The predicted octanol–water partition coefficient (Wildman–Crippen LogP) is 3.91. The van der Waals surface area contributed by atoms with Crippen LogP contribution in [0, 0.1) is 6.92 Å². The van der Waals surface area contributed by atoms with Gasteiger partial charge in [-0.1, -0.05) is 12.1 Å². The Morgan fingerprint density at radius 3 is 2.67 bits per heavy atom. The van der Waals surface area contributed by atoms with Crippen molar-refractivity contribution in [2.75, 3.05) is 20.3 Å². The van der Waals surface area contributed by atoms with E-state index in [0.29, 0.717) is 6.61 Å². The van der Waals surface area contributed by atoms with Crippen LogP contribution in [0.2, 0.25) is 0 Å². The molecule has 2 atom stereocenters. The molecule has 0 unspecified atom stereocenters. The van der Waals surface area contributed by atoms with E-state index in [-0.39, 0.29) is 18.1 Å². The van der Waals surface area contributed by atoms with Crippen molar-refractivity contribution in [3.63, 3.8) is 0 Å². The number of pyridine rings is 1. The average molecular weight is 366 g/mol. The maximum absolute atomic E-state index is 12.9. The number of aromatic nitrogens is 1. The van der Waals surface area contributed by atoms with Crippen molar-refractivity contribution in [1.29, 1.82) is 0 Å². The van der Waals surface area contributed by atoms with Crippen molar-refractivity contribution in [3.8, 4) is 16.9 Å². The van der Waals surface area contributed by atoms with Gasteiger partial charge in [0, 0.05) is 18.8 Å². The lowest BCUT2D eigenvalue weighted by Crippen LogP contribution is -2.38. The molecule has 2 aromatic rings. The number of carbonyl (C=O) groups is 1. The van der Waals surface area contributed by atoms with Gasteiger partial charge in [0.05, 0.1) is 18.8 Å². The monoisotopic (exact) mass is 366 g/mol. The van der Waals surface area contributed by atoms with E-state index in [4.69, 9.17) is 14.5 Å². The van der Waals surface area contributed by atoms with Gasteiger partial charge in [-0.3, -0.25) is 9.78 Å². The maximum atomic E-state index is 12.9. The minimum absolute atomic E-state index is 0.0404. The Morgan fingerprint density at radius 2 is 1.96 bits per heavy atom. The van der Waals surface area contributed by atoms with Crippen molar-refractivity contribution in [2.24, 2.45) is 0 Å². The molecule has 2 saturated heterocycles. The summed E-state index contributed by atoms with van der Waals surface area (Å²) < 4.78 is 10.9. The first kappa shape index (κ1) is 18.0. The second-order valence-corrected chi connectivity index (χ2v) is 7.34. The number of ether oxygens (including phenoxy) is 2. The zero-order chi connectivity index (χ0) is 18.8. The lowest BCUT2D eigenvalue weighted by Gasteiger charge is -2.27. The second-order valence-electron chi connectivity index (χ2n) is 7.34. The lowest BCUT2D eigenvalue weighted by atomic mass is 10.0. The number of methoxy groups -OCH3 is 1. The van der Waals surface area contributed by atoms with E-state index in [1.54, 1.807) is 7.11 Å².